The molecule has 0 aliphatic carbocycles. The summed E-state index contributed by atoms with van der Waals surface area (Å²) in [4.78, 5) is 29.4. The summed E-state index contributed by atoms with van der Waals surface area (Å²) in [5.41, 5.74) is 1.88. The number of ether oxygens (including phenoxy) is 1. The lowest BCUT2D eigenvalue weighted by Crippen LogP contribution is -2.39. The number of nitrogens with one attached hydrogen (secondary N) is 1. The Hall–Kier alpha value is -2.76. The number of amides is 2. The molecule has 35 heavy (non-hydrogen) atoms. The van der Waals surface area contributed by atoms with Gasteiger partial charge in [0.25, 0.3) is 0 Å². The zero-order valence-corrected chi connectivity index (χ0v) is 19.9. The second-order valence-electron chi connectivity index (χ2n) is 8.69. The predicted octanol–water partition coefficient (Wildman–Crippen LogP) is 3.44. The third kappa shape index (κ3) is 6.68. The first-order chi connectivity index (χ1) is 16.6. The van der Waals surface area contributed by atoms with Crippen LogP contribution in [0.25, 0.3) is 0 Å². The highest BCUT2D eigenvalue weighted by atomic mass is 32.2. The van der Waals surface area contributed by atoms with Crippen molar-refractivity contribution in [3.05, 3.63) is 53.6 Å². The Balaban J connectivity index is 1.54. The molecule has 2 aliphatic heterocycles. The minimum Gasteiger partial charge on any atom is -0.406 e. The molecule has 0 spiro atoms. The Morgan fingerprint density at radius 3 is 2.83 bits per heavy atom. The van der Waals surface area contributed by atoms with Crippen molar-refractivity contribution in [1.29, 1.82) is 0 Å². The van der Waals surface area contributed by atoms with Crippen molar-refractivity contribution in [2.24, 2.45) is 0 Å². The molecular formula is C24H26F3N3O4S. The van der Waals surface area contributed by atoms with E-state index in [1.807, 2.05) is 17.0 Å². The zero-order valence-electron chi connectivity index (χ0n) is 19.0. The number of carbonyl (C=O) groups excluding carboxylic acids is 2. The number of anilines is 1. The van der Waals surface area contributed by atoms with Gasteiger partial charge in [-0.15, -0.1) is 24.9 Å². The van der Waals surface area contributed by atoms with Crippen molar-refractivity contribution in [3.8, 4) is 5.75 Å². The maximum atomic E-state index is 13.3. The molecule has 0 bridgehead atoms. The van der Waals surface area contributed by atoms with Crippen molar-refractivity contribution in [1.82, 2.24) is 9.80 Å². The van der Waals surface area contributed by atoms with Gasteiger partial charge in [-0.1, -0.05) is 18.2 Å². The van der Waals surface area contributed by atoms with Crippen LogP contribution in [0.5, 0.6) is 5.75 Å². The maximum Gasteiger partial charge on any atom is 0.573 e. The summed E-state index contributed by atoms with van der Waals surface area (Å²) in [6.07, 6.45) is -4.64. The molecule has 0 radical (unpaired) electrons. The molecule has 2 amide bonds. The average Bonchev–Trinajstić information content (AvgIpc) is 3.20. The van der Waals surface area contributed by atoms with Gasteiger partial charge < -0.3 is 20.1 Å². The largest absolute Gasteiger partial charge is 0.573 e. The topological polar surface area (TPSA) is 82.1 Å². The lowest BCUT2D eigenvalue weighted by molar-refractivity contribution is -0.274. The number of halogens is 3. The minimum absolute atomic E-state index is 0.0577. The molecule has 0 unspecified atom stereocenters. The predicted molar refractivity (Wildman–Crippen MR) is 125 cm³/mol. The summed E-state index contributed by atoms with van der Waals surface area (Å²) in [5, 5.41) is 12.7. The lowest BCUT2D eigenvalue weighted by Gasteiger charge is -2.32. The van der Waals surface area contributed by atoms with Crippen LogP contribution in [-0.2, 0) is 16.0 Å². The monoisotopic (exact) mass is 509 g/mol. The first-order valence-electron chi connectivity index (χ1n) is 11.1. The van der Waals surface area contributed by atoms with E-state index in [0.29, 0.717) is 48.6 Å². The third-order valence-electron chi connectivity index (χ3n) is 6.05. The Kier molecular flexibility index (Phi) is 7.58. The fraction of sp³-hybridized carbons (Fsp3) is 0.417. The molecule has 7 nitrogen and oxygen atoms in total. The van der Waals surface area contributed by atoms with Crippen molar-refractivity contribution in [2.75, 3.05) is 37.8 Å². The first-order valence-corrected chi connectivity index (χ1v) is 12.1. The average molecular weight is 510 g/mol. The smallest absolute Gasteiger partial charge is 0.406 e. The number of β-amino-alcohol motifs (C(OH)–C–C–N with tert-alkyl or cyclic N) is 1. The molecule has 188 valence electrons. The van der Waals surface area contributed by atoms with E-state index in [1.165, 1.54) is 34.9 Å². The van der Waals surface area contributed by atoms with Crippen LogP contribution < -0.4 is 10.1 Å². The van der Waals surface area contributed by atoms with Gasteiger partial charge in [0.15, 0.2) is 0 Å². The number of thioether (sulfide) groups is 1. The van der Waals surface area contributed by atoms with Crippen molar-refractivity contribution < 1.29 is 32.6 Å². The van der Waals surface area contributed by atoms with Crippen LogP contribution in [0.4, 0.5) is 18.9 Å². The Morgan fingerprint density at radius 1 is 1.31 bits per heavy atom. The van der Waals surface area contributed by atoms with Crippen LogP contribution in [0.15, 0.2) is 47.4 Å². The Bertz CT molecular complexity index is 1100. The summed E-state index contributed by atoms with van der Waals surface area (Å²) < 4.78 is 42.4. The molecule has 1 fully saturated rings. The summed E-state index contributed by atoms with van der Waals surface area (Å²) in [7, 11) is 1.62. The number of likely N-dealkylation sites (N-methyl/N-ethyl adjacent to an activating group) is 1. The fourth-order valence-corrected chi connectivity index (χ4v) is 5.09. The maximum absolute atomic E-state index is 13.3. The molecule has 11 heteroatoms. The number of hydrogen-bond donors (Lipinski definition) is 2. The van der Waals surface area contributed by atoms with Crippen LogP contribution >= 0.6 is 11.8 Å². The molecule has 2 heterocycles. The van der Waals surface area contributed by atoms with Gasteiger partial charge in [0.1, 0.15) is 5.75 Å². The quantitative estimate of drug-likeness (QED) is 0.595. The molecule has 4 rings (SSSR count). The number of benzene rings is 2. The number of aliphatic hydroxyl groups excluding tert-OH is 1. The normalized spacial score (nSPS) is 19.1. The molecule has 2 aromatic carbocycles. The molecule has 2 aliphatic rings. The standard InChI is InChI=1S/C24H26F3N3O4S/c1-29(23(33)10-15-5-6-21-19(9-15)28-22(32)14-35-21)20(13-30-8-7-17(31)12-30)16-3-2-4-18(11-16)34-24(25,26)27/h2-6,9,11,17,20,31H,7-8,10,12-14H2,1H3,(H,28,32)/t17-,20-/m1/s1. The summed E-state index contributed by atoms with van der Waals surface area (Å²) in [6.45, 7) is 1.41. The lowest BCUT2D eigenvalue weighted by atomic mass is 10.0. The van der Waals surface area contributed by atoms with E-state index >= 15 is 0 Å². The van der Waals surface area contributed by atoms with E-state index in [-0.39, 0.29) is 24.0 Å². The minimum atomic E-state index is -4.82. The number of nitrogens with zero attached hydrogens (tertiary/aromatic N) is 2. The highest BCUT2D eigenvalue weighted by Gasteiger charge is 2.32. The Labute approximate surface area is 205 Å². The van der Waals surface area contributed by atoms with Crippen LogP contribution in [0.2, 0.25) is 0 Å². The van der Waals surface area contributed by atoms with E-state index < -0.39 is 18.5 Å². The second kappa shape index (κ2) is 10.5. The first kappa shape index (κ1) is 25.3. The van der Waals surface area contributed by atoms with Gasteiger partial charge in [-0.3, -0.25) is 14.5 Å². The zero-order chi connectivity index (χ0) is 25.2. The third-order valence-corrected chi connectivity index (χ3v) is 7.12. The van der Waals surface area contributed by atoms with Gasteiger partial charge in [0, 0.05) is 31.6 Å². The van der Waals surface area contributed by atoms with E-state index in [9.17, 15) is 27.9 Å². The highest BCUT2D eigenvalue weighted by Crippen LogP contribution is 2.33. The van der Waals surface area contributed by atoms with Gasteiger partial charge in [-0.25, -0.2) is 0 Å². The summed E-state index contributed by atoms with van der Waals surface area (Å²) >= 11 is 1.43. The number of likely N-dealkylation sites (tertiary alicyclic amines) is 1. The summed E-state index contributed by atoms with van der Waals surface area (Å²) in [5.74, 6) is -0.341. The van der Waals surface area contributed by atoms with Gasteiger partial charge >= 0.3 is 6.36 Å². The Morgan fingerprint density at radius 2 is 2.11 bits per heavy atom. The van der Waals surface area contributed by atoms with Crippen molar-refractivity contribution >= 4 is 29.3 Å². The van der Waals surface area contributed by atoms with Gasteiger partial charge in [0.05, 0.1) is 30.0 Å². The van der Waals surface area contributed by atoms with Crippen molar-refractivity contribution in [3.63, 3.8) is 0 Å². The van der Waals surface area contributed by atoms with E-state index in [0.717, 1.165) is 4.90 Å². The molecule has 2 aromatic rings. The number of aliphatic hydroxyl groups is 1. The molecule has 1 saturated heterocycles. The number of rotatable bonds is 7. The van der Waals surface area contributed by atoms with E-state index in [4.69, 9.17) is 0 Å². The molecular weight excluding hydrogens is 483 g/mol. The van der Waals surface area contributed by atoms with Crippen LogP contribution in [0, 0.1) is 0 Å². The van der Waals surface area contributed by atoms with Gasteiger partial charge in [-0.05, 0) is 41.8 Å². The van der Waals surface area contributed by atoms with E-state index in [2.05, 4.69) is 10.1 Å². The highest BCUT2D eigenvalue weighted by molar-refractivity contribution is 8.00. The van der Waals surface area contributed by atoms with Gasteiger partial charge in [0.2, 0.25) is 11.8 Å². The summed E-state index contributed by atoms with van der Waals surface area (Å²) in [6, 6.07) is 10.5. The van der Waals surface area contributed by atoms with Crippen LogP contribution in [0.1, 0.15) is 23.6 Å². The number of fused-ring (bicyclic) bond motifs is 1. The molecule has 0 aromatic heterocycles. The van der Waals surface area contributed by atoms with E-state index in [1.54, 1.807) is 19.2 Å². The van der Waals surface area contributed by atoms with Crippen LogP contribution in [0.3, 0.4) is 0 Å². The van der Waals surface area contributed by atoms with Crippen molar-refractivity contribution in [2.45, 2.75) is 36.2 Å². The molecule has 0 saturated carbocycles. The van der Waals surface area contributed by atoms with Crippen LogP contribution in [-0.4, -0.2) is 71.6 Å². The second-order valence-corrected chi connectivity index (χ2v) is 9.70. The molecule has 2 atom stereocenters. The van der Waals surface area contributed by atoms with Gasteiger partial charge in [-0.2, -0.15) is 0 Å². The fourth-order valence-electron chi connectivity index (χ4n) is 4.31. The molecule has 2 N–H and O–H groups in total. The number of hydrogen-bond acceptors (Lipinski definition) is 6. The SMILES string of the molecule is CN(C(=O)Cc1ccc2c(c1)NC(=O)CS2)[C@H](CN1CC[C@@H](O)C1)c1cccc(OC(F)(F)F)c1. The number of alkyl halides is 3. The number of carbonyl (C=O) groups is 2.